The van der Waals surface area contributed by atoms with Gasteiger partial charge in [-0.15, -0.1) is 19.6 Å². The Kier molecular flexibility index (Phi) is 9.49. The summed E-state index contributed by atoms with van der Waals surface area (Å²) in [5, 5.41) is 0. The van der Waals surface area contributed by atoms with E-state index in [2.05, 4.69) is 12.7 Å². The Hall–Kier alpha value is 0.254. The van der Waals surface area contributed by atoms with E-state index in [0.29, 0.717) is 5.57 Å². The van der Waals surface area contributed by atoms with Crippen LogP contribution in [0.2, 0.25) is 0 Å². The van der Waals surface area contributed by atoms with Gasteiger partial charge in [0.05, 0.1) is 0 Å². The first kappa shape index (κ1) is 12.9. The van der Waals surface area contributed by atoms with Gasteiger partial charge in [-0.1, -0.05) is 6.92 Å². The van der Waals surface area contributed by atoms with E-state index in [4.69, 9.17) is 0 Å². The van der Waals surface area contributed by atoms with Crippen LogP contribution in [0.15, 0.2) is 17.7 Å². The molecule has 0 heterocycles. The van der Waals surface area contributed by atoms with Crippen LogP contribution in [0.3, 0.4) is 0 Å². The van der Waals surface area contributed by atoms with E-state index in [1.165, 1.54) is 0 Å². The van der Waals surface area contributed by atoms with E-state index in [0.717, 1.165) is 12.0 Å². The Morgan fingerprint density at radius 1 is 1.60 bits per heavy atom. The number of rotatable bonds is 3. The summed E-state index contributed by atoms with van der Waals surface area (Å²) in [6, 6.07) is 0. The molecule has 0 aliphatic rings. The van der Waals surface area contributed by atoms with Crippen LogP contribution in [0.4, 0.5) is 0 Å². The van der Waals surface area contributed by atoms with Gasteiger partial charge in [0, 0.05) is 32.7 Å². The van der Waals surface area contributed by atoms with Crippen LogP contribution in [0.1, 0.15) is 20.3 Å². The van der Waals surface area contributed by atoms with Crippen LogP contribution in [0.5, 0.6) is 0 Å². The third-order valence-corrected chi connectivity index (χ3v) is 1.17. The smallest absolute Gasteiger partial charge is 0 e. The summed E-state index contributed by atoms with van der Waals surface area (Å²) in [6.45, 7) is 7.10. The maximum atomic E-state index is 10.0. The third-order valence-electron chi connectivity index (χ3n) is 1.17. The summed E-state index contributed by atoms with van der Waals surface area (Å²) in [6.07, 6.45) is 5.26. The Bertz CT molecular complexity index is 147. The number of carbonyl (C=O) groups excluding carboxylic acids is 1. The quantitative estimate of drug-likeness (QED) is 0.395. The molecule has 53 valence electrons. The maximum absolute atomic E-state index is 10.0. The molecule has 1 nitrogen and oxygen atoms in total. The van der Waals surface area contributed by atoms with Crippen LogP contribution >= 0.6 is 0 Å². The summed E-state index contributed by atoms with van der Waals surface area (Å²) in [5.74, 6) is 0. The summed E-state index contributed by atoms with van der Waals surface area (Å²) < 4.78 is 0. The largest absolute Gasteiger partial charge is 0.440 e. The molecule has 0 aromatic heterocycles. The predicted octanol–water partition coefficient (Wildman–Crippen LogP) is 1.81. The fraction of sp³-hybridized carbons (Fsp3) is 0.375. The zero-order chi connectivity index (χ0) is 7.28. The molecule has 0 atom stereocenters. The van der Waals surface area contributed by atoms with Gasteiger partial charge in [-0.25, -0.2) is 6.58 Å². The fourth-order valence-corrected chi connectivity index (χ4v) is 0.584. The average Bonchev–Trinajstić information content (AvgIpc) is 1.90. The summed E-state index contributed by atoms with van der Waals surface area (Å²) in [7, 11) is 0. The molecule has 0 N–H and O–H groups in total. The summed E-state index contributed by atoms with van der Waals surface area (Å²) in [4.78, 5) is 10.0. The van der Waals surface area contributed by atoms with Gasteiger partial charge in [-0.2, -0.15) is 0 Å². The van der Waals surface area contributed by atoms with Crippen molar-refractivity contribution in [2.45, 2.75) is 20.3 Å². The van der Waals surface area contributed by atoms with Crippen molar-refractivity contribution in [1.29, 1.82) is 0 Å². The van der Waals surface area contributed by atoms with E-state index < -0.39 is 0 Å². The van der Waals surface area contributed by atoms with Gasteiger partial charge in [-0.05, 0) is 0 Å². The minimum absolute atomic E-state index is 0. The SMILES string of the molecule is C=[C-]/C(CC)=C(/C)[C-]=O.[Y]. The molecule has 0 amide bonds. The van der Waals surface area contributed by atoms with Crippen LogP contribution < -0.4 is 0 Å². The van der Waals surface area contributed by atoms with Crippen molar-refractivity contribution in [3.8, 4) is 0 Å². The molecule has 0 spiro atoms. The normalized spacial score (nSPS) is 11.0. The Morgan fingerprint density at radius 3 is 2.20 bits per heavy atom. The van der Waals surface area contributed by atoms with Gasteiger partial charge in [0.2, 0.25) is 0 Å². The van der Waals surface area contributed by atoms with Crippen molar-refractivity contribution in [1.82, 2.24) is 0 Å². The average molecular weight is 211 g/mol. The van der Waals surface area contributed by atoms with Crippen LogP contribution in [-0.4, -0.2) is 6.29 Å². The molecular formula is C8H10OY-2. The first-order valence-electron chi connectivity index (χ1n) is 2.87. The summed E-state index contributed by atoms with van der Waals surface area (Å²) >= 11 is 0. The molecular weight excluding hydrogens is 201 g/mol. The molecule has 0 aromatic carbocycles. The Morgan fingerprint density at radius 2 is 2.10 bits per heavy atom. The Labute approximate surface area is 87.5 Å². The zero-order valence-corrected chi connectivity index (χ0v) is 9.24. The van der Waals surface area contributed by atoms with E-state index in [9.17, 15) is 4.79 Å². The molecule has 0 aliphatic heterocycles. The topological polar surface area (TPSA) is 17.1 Å². The van der Waals surface area contributed by atoms with Crippen LogP contribution in [0.25, 0.3) is 0 Å². The van der Waals surface area contributed by atoms with E-state index in [1.54, 1.807) is 13.2 Å². The molecule has 0 aliphatic carbocycles. The Balaban J connectivity index is 0. The van der Waals surface area contributed by atoms with Gasteiger partial charge < -0.3 is 22.0 Å². The number of allylic oxidation sites excluding steroid dienone is 3. The van der Waals surface area contributed by atoms with Crippen molar-refractivity contribution in [3.05, 3.63) is 23.8 Å². The van der Waals surface area contributed by atoms with E-state index >= 15 is 0 Å². The first-order valence-corrected chi connectivity index (χ1v) is 2.87. The van der Waals surface area contributed by atoms with E-state index in [-0.39, 0.29) is 32.7 Å². The van der Waals surface area contributed by atoms with Gasteiger partial charge in [0.1, 0.15) is 0 Å². The van der Waals surface area contributed by atoms with Crippen molar-refractivity contribution in [3.63, 3.8) is 0 Å². The molecule has 10 heavy (non-hydrogen) atoms. The molecule has 2 heteroatoms. The maximum Gasteiger partial charge on any atom is 0 e. The molecule has 0 fully saturated rings. The molecule has 0 saturated heterocycles. The molecule has 0 bridgehead atoms. The number of hydrogen-bond acceptors (Lipinski definition) is 1. The van der Waals surface area contributed by atoms with E-state index in [1.807, 2.05) is 6.92 Å². The number of hydrogen-bond donors (Lipinski definition) is 0. The zero-order valence-electron chi connectivity index (χ0n) is 6.40. The van der Waals surface area contributed by atoms with Crippen molar-refractivity contribution in [2.75, 3.05) is 0 Å². The molecule has 0 aromatic rings. The van der Waals surface area contributed by atoms with Gasteiger partial charge >= 0.3 is 0 Å². The fourth-order valence-electron chi connectivity index (χ4n) is 0.584. The molecule has 0 saturated carbocycles. The predicted molar refractivity (Wildman–Crippen MR) is 37.6 cm³/mol. The van der Waals surface area contributed by atoms with Crippen LogP contribution in [-0.2, 0) is 37.5 Å². The molecule has 1 radical (unpaired) electrons. The second-order valence-corrected chi connectivity index (χ2v) is 1.74. The summed E-state index contributed by atoms with van der Waals surface area (Å²) in [5.41, 5.74) is 1.46. The standard InChI is InChI=1S/C8H10O.Y/c1-4-8(5-2)7(3)6-9;/h1,5H2,2-3H3;/q-2;/b8-7+;. The van der Waals surface area contributed by atoms with Crippen molar-refractivity contribution >= 4 is 6.29 Å². The second kappa shape index (κ2) is 7.36. The van der Waals surface area contributed by atoms with Crippen molar-refractivity contribution in [2.24, 2.45) is 0 Å². The van der Waals surface area contributed by atoms with Gasteiger partial charge in [0.25, 0.3) is 0 Å². The molecule has 0 unspecified atom stereocenters. The third kappa shape index (κ3) is 4.13. The molecule has 0 rings (SSSR count). The second-order valence-electron chi connectivity index (χ2n) is 1.74. The van der Waals surface area contributed by atoms with Crippen LogP contribution in [0, 0.1) is 6.08 Å². The van der Waals surface area contributed by atoms with Gasteiger partial charge in [-0.3, -0.25) is 0 Å². The monoisotopic (exact) mass is 211 g/mol. The first-order chi connectivity index (χ1) is 4.26. The van der Waals surface area contributed by atoms with Crippen molar-refractivity contribution < 1.29 is 37.5 Å². The minimum atomic E-state index is 0. The van der Waals surface area contributed by atoms with Gasteiger partial charge in [0.15, 0.2) is 0 Å². The minimum Gasteiger partial charge on any atom is -0.440 e.